The Morgan fingerprint density at radius 1 is 1.41 bits per heavy atom. The lowest BCUT2D eigenvalue weighted by atomic mass is 10.2. The summed E-state index contributed by atoms with van der Waals surface area (Å²) in [6, 6.07) is 5.83. The molecule has 114 valence electrons. The number of carbonyl (C=O) groups is 1. The van der Waals surface area contributed by atoms with Crippen molar-refractivity contribution in [3.05, 3.63) is 18.2 Å². The van der Waals surface area contributed by atoms with Gasteiger partial charge in [-0.2, -0.15) is 0 Å². The zero-order chi connectivity index (χ0) is 15.7. The van der Waals surface area contributed by atoms with Gasteiger partial charge in [0.15, 0.2) is 5.65 Å². The van der Waals surface area contributed by atoms with Crippen LogP contribution in [0.15, 0.2) is 23.4 Å². The van der Waals surface area contributed by atoms with Gasteiger partial charge in [-0.3, -0.25) is 4.79 Å². The van der Waals surface area contributed by atoms with E-state index in [4.69, 9.17) is 10.5 Å². The third-order valence-electron chi connectivity index (χ3n) is 3.21. The first-order chi connectivity index (χ1) is 10.6. The number of hydrogen-bond donors (Lipinski definition) is 1. The van der Waals surface area contributed by atoms with Crippen LogP contribution in [-0.4, -0.2) is 38.0 Å². The molecule has 0 aliphatic heterocycles. The second kappa shape index (κ2) is 5.80. The number of amides is 1. The van der Waals surface area contributed by atoms with Crippen LogP contribution >= 0.6 is 11.8 Å². The number of carbonyl (C=O) groups excluding carboxylic acids is 1. The zero-order valence-corrected chi connectivity index (χ0v) is 13.1. The van der Waals surface area contributed by atoms with Gasteiger partial charge < -0.3 is 15.0 Å². The van der Waals surface area contributed by atoms with Gasteiger partial charge >= 0.3 is 0 Å². The molecule has 8 heteroatoms. The number of hydrogen-bond acceptors (Lipinski definition) is 6. The first-order valence-electron chi connectivity index (χ1n) is 6.77. The Morgan fingerprint density at radius 3 is 2.95 bits per heavy atom. The highest BCUT2D eigenvalue weighted by molar-refractivity contribution is 7.99. The van der Waals surface area contributed by atoms with E-state index in [1.807, 2.05) is 36.7 Å². The maximum absolute atomic E-state index is 10.8. The molecule has 1 aromatic carbocycles. The number of primary amides is 1. The van der Waals surface area contributed by atoms with Gasteiger partial charge in [0, 0.05) is 12.4 Å². The molecular formula is C14H15N5O2S. The monoisotopic (exact) mass is 317 g/mol. The molecule has 1 amide bonds. The molecule has 0 fully saturated rings. The van der Waals surface area contributed by atoms with E-state index in [0.29, 0.717) is 22.9 Å². The predicted octanol–water partition coefficient (Wildman–Crippen LogP) is 1.49. The normalized spacial score (nSPS) is 11.2. The quantitative estimate of drug-likeness (QED) is 0.716. The Morgan fingerprint density at radius 2 is 2.23 bits per heavy atom. The maximum atomic E-state index is 10.8. The minimum Gasteiger partial charge on any atom is -0.494 e. The first kappa shape index (κ1) is 14.6. The van der Waals surface area contributed by atoms with Gasteiger partial charge in [-0.1, -0.05) is 11.8 Å². The number of rotatable bonds is 5. The van der Waals surface area contributed by atoms with Crippen molar-refractivity contribution in [2.45, 2.75) is 12.1 Å². The highest BCUT2D eigenvalue weighted by Crippen LogP contribution is 2.29. The van der Waals surface area contributed by atoms with Crippen molar-refractivity contribution in [1.29, 1.82) is 0 Å². The highest BCUT2D eigenvalue weighted by Gasteiger charge is 2.14. The number of aryl methyl sites for hydroxylation is 1. The molecule has 2 heterocycles. The molecule has 0 aliphatic rings. The summed E-state index contributed by atoms with van der Waals surface area (Å²) in [5.74, 6) is 0.509. The first-order valence-corrected chi connectivity index (χ1v) is 7.75. The minimum absolute atomic E-state index is 0.131. The van der Waals surface area contributed by atoms with Crippen LogP contribution < -0.4 is 10.5 Å². The van der Waals surface area contributed by atoms with Crippen molar-refractivity contribution in [2.75, 3.05) is 12.4 Å². The van der Waals surface area contributed by atoms with E-state index < -0.39 is 5.91 Å². The molecule has 0 spiro atoms. The lowest BCUT2D eigenvalue weighted by Gasteiger charge is -2.02. The molecule has 22 heavy (non-hydrogen) atoms. The van der Waals surface area contributed by atoms with Gasteiger partial charge in [-0.15, -0.1) is 10.2 Å². The summed E-state index contributed by atoms with van der Waals surface area (Å²) in [6.45, 7) is 2.55. The van der Waals surface area contributed by atoms with Gasteiger partial charge in [-0.25, -0.2) is 4.98 Å². The largest absolute Gasteiger partial charge is 0.494 e. The number of ether oxygens (including phenoxy) is 1. The Labute approximate surface area is 130 Å². The number of nitrogens with zero attached hydrogens (tertiary/aromatic N) is 4. The predicted molar refractivity (Wildman–Crippen MR) is 84.9 cm³/mol. The van der Waals surface area contributed by atoms with Crippen LogP contribution in [0, 0.1) is 0 Å². The summed E-state index contributed by atoms with van der Waals surface area (Å²) in [4.78, 5) is 15.3. The van der Waals surface area contributed by atoms with E-state index in [-0.39, 0.29) is 5.75 Å². The molecule has 3 aromatic rings. The summed E-state index contributed by atoms with van der Waals surface area (Å²) in [6.07, 6.45) is 0. The Hall–Kier alpha value is -2.35. The summed E-state index contributed by atoms with van der Waals surface area (Å²) >= 11 is 1.18. The molecule has 0 saturated carbocycles. The zero-order valence-electron chi connectivity index (χ0n) is 12.2. The van der Waals surface area contributed by atoms with E-state index in [1.54, 1.807) is 0 Å². The van der Waals surface area contributed by atoms with Gasteiger partial charge in [0.05, 0.1) is 17.9 Å². The fourth-order valence-electron chi connectivity index (χ4n) is 2.28. The fourth-order valence-corrected chi connectivity index (χ4v) is 2.80. The van der Waals surface area contributed by atoms with E-state index >= 15 is 0 Å². The van der Waals surface area contributed by atoms with Gasteiger partial charge in [0.2, 0.25) is 11.1 Å². The summed E-state index contributed by atoms with van der Waals surface area (Å²) in [7, 11) is 1.92. The Balaban J connectivity index is 2.11. The topological polar surface area (TPSA) is 95.9 Å². The van der Waals surface area contributed by atoms with Crippen LogP contribution in [0.25, 0.3) is 22.1 Å². The van der Waals surface area contributed by atoms with Crippen LogP contribution in [0.5, 0.6) is 5.75 Å². The van der Waals surface area contributed by atoms with Crippen molar-refractivity contribution in [3.63, 3.8) is 0 Å². The van der Waals surface area contributed by atoms with E-state index in [2.05, 4.69) is 15.2 Å². The number of aromatic nitrogens is 4. The van der Waals surface area contributed by atoms with Gasteiger partial charge in [0.25, 0.3) is 0 Å². The molecule has 7 nitrogen and oxygen atoms in total. The van der Waals surface area contributed by atoms with Crippen molar-refractivity contribution in [3.8, 4) is 5.75 Å². The Kier molecular flexibility index (Phi) is 3.84. The molecule has 0 saturated heterocycles. The summed E-state index contributed by atoms with van der Waals surface area (Å²) in [5.41, 5.74) is 7.56. The lowest BCUT2D eigenvalue weighted by molar-refractivity contribution is -0.115. The third-order valence-corrected chi connectivity index (χ3v) is 4.07. The SMILES string of the molecule is CCOc1ccc2c(c1)c1nnc(SCC(N)=O)nc1n2C. The number of thioether (sulfide) groups is 1. The van der Waals surface area contributed by atoms with Crippen LogP contribution in [0.4, 0.5) is 0 Å². The molecule has 0 unspecified atom stereocenters. The van der Waals surface area contributed by atoms with E-state index in [9.17, 15) is 4.79 Å². The van der Waals surface area contributed by atoms with E-state index in [1.165, 1.54) is 11.8 Å². The molecular weight excluding hydrogens is 302 g/mol. The third kappa shape index (κ3) is 2.57. The van der Waals surface area contributed by atoms with Crippen LogP contribution in [0.2, 0.25) is 0 Å². The summed E-state index contributed by atoms with van der Waals surface area (Å²) < 4.78 is 7.48. The molecule has 3 rings (SSSR count). The van der Waals surface area contributed by atoms with Crippen molar-refractivity contribution in [2.24, 2.45) is 12.8 Å². The van der Waals surface area contributed by atoms with Crippen LogP contribution in [0.1, 0.15) is 6.92 Å². The van der Waals surface area contributed by atoms with Crippen LogP contribution in [0.3, 0.4) is 0 Å². The molecule has 2 aromatic heterocycles. The highest BCUT2D eigenvalue weighted by atomic mass is 32.2. The average molecular weight is 317 g/mol. The number of benzene rings is 1. The lowest BCUT2D eigenvalue weighted by Crippen LogP contribution is -2.13. The van der Waals surface area contributed by atoms with Gasteiger partial charge in [0.1, 0.15) is 11.3 Å². The van der Waals surface area contributed by atoms with E-state index in [0.717, 1.165) is 16.7 Å². The van der Waals surface area contributed by atoms with Gasteiger partial charge in [-0.05, 0) is 25.1 Å². The molecule has 0 bridgehead atoms. The number of fused-ring (bicyclic) bond motifs is 3. The number of nitrogens with two attached hydrogens (primary N) is 1. The molecule has 0 aliphatic carbocycles. The second-order valence-electron chi connectivity index (χ2n) is 4.69. The standard InChI is InChI=1S/C14H15N5O2S/c1-3-21-8-4-5-10-9(6-8)12-13(19(10)2)16-14(18-17-12)22-7-11(15)20/h4-6H,3,7H2,1-2H3,(H2,15,20). The molecule has 0 atom stereocenters. The van der Waals surface area contributed by atoms with Crippen molar-refractivity contribution >= 4 is 39.7 Å². The maximum Gasteiger partial charge on any atom is 0.227 e. The smallest absolute Gasteiger partial charge is 0.227 e. The average Bonchev–Trinajstić information content (AvgIpc) is 2.78. The summed E-state index contributed by atoms with van der Waals surface area (Å²) in [5, 5.41) is 9.68. The second-order valence-corrected chi connectivity index (χ2v) is 5.64. The minimum atomic E-state index is -0.410. The van der Waals surface area contributed by atoms with Crippen LogP contribution in [-0.2, 0) is 11.8 Å². The molecule has 0 radical (unpaired) electrons. The van der Waals surface area contributed by atoms with Crippen molar-refractivity contribution in [1.82, 2.24) is 19.7 Å². The molecule has 2 N–H and O–H groups in total. The van der Waals surface area contributed by atoms with Crippen molar-refractivity contribution < 1.29 is 9.53 Å². The fraction of sp³-hybridized carbons (Fsp3) is 0.286. The Bertz CT molecular complexity index is 861.